The Kier molecular flexibility index (Phi) is 3.88. The van der Waals surface area contributed by atoms with Gasteiger partial charge in [0.25, 0.3) is 0 Å². The predicted molar refractivity (Wildman–Crippen MR) is 53.2 cm³/mol. The molecule has 0 heterocycles. The van der Waals surface area contributed by atoms with Crippen LogP contribution in [-0.2, 0) is 0 Å². The van der Waals surface area contributed by atoms with Gasteiger partial charge in [0.1, 0.15) is 12.0 Å². The summed E-state index contributed by atoms with van der Waals surface area (Å²) < 4.78 is 39.6. The summed E-state index contributed by atoms with van der Waals surface area (Å²) >= 11 is 0. The van der Waals surface area contributed by atoms with Crippen molar-refractivity contribution in [2.45, 2.75) is 6.36 Å². The van der Waals surface area contributed by atoms with Crippen LogP contribution in [0.1, 0.15) is 15.9 Å². The highest BCUT2D eigenvalue weighted by Gasteiger charge is 2.31. The zero-order valence-corrected chi connectivity index (χ0v) is 8.36. The maximum Gasteiger partial charge on any atom is 0.573 e. The van der Waals surface area contributed by atoms with Crippen LogP contribution in [0.25, 0.3) is 6.08 Å². The van der Waals surface area contributed by atoms with Crippen LogP contribution < -0.4 is 4.74 Å². The number of nitrogens with zero attached hydrogens (tertiary/aromatic N) is 1. The Labute approximate surface area is 94.7 Å². The van der Waals surface area contributed by atoms with Gasteiger partial charge in [-0.05, 0) is 29.8 Å². The van der Waals surface area contributed by atoms with E-state index < -0.39 is 12.1 Å². The molecule has 0 saturated carbocycles. The van der Waals surface area contributed by atoms with Crippen molar-refractivity contribution in [1.82, 2.24) is 0 Å². The molecule has 0 atom stereocenters. The fraction of sp³-hybridized carbons (Fsp3) is 0.0909. The van der Waals surface area contributed by atoms with Crippen LogP contribution in [0.15, 0.2) is 24.3 Å². The molecule has 0 N–H and O–H groups in total. The van der Waals surface area contributed by atoms with Crippen LogP contribution in [0.2, 0.25) is 0 Å². The van der Waals surface area contributed by atoms with E-state index >= 15 is 0 Å². The van der Waals surface area contributed by atoms with Crippen molar-refractivity contribution < 1.29 is 22.7 Å². The minimum absolute atomic E-state index is 0.0318. The number of carbonyl (C=O) groups is 1. The maximum atomic E-state index is 12.0. The van der Waals surface area contributed by atoms with Crippen molar-refractivity contribution in [3.63, 3.8) is 0 Å². The molecule has 0 fully saturated rings. The summed E-state index contributed by atoms with van der Waals surface area (Å²) in [5.41, 5.74) is 0.305. The highest BCUT2D eigenvalue weighted by Crippen LogP contribution is 2.25. The average molecular weight is 241 g/mol. The molecule has 3 nitrogen and oxygen atoms in total. The lowest BCUT2D eigenvalue weighted by atomic mass is 10.1. The summed E-state index contributed by atoms with van der Waals surface area (Å²) in [5.74, 6) is -0.500. The zero-order valence-electron chi connectivity index (χ0n) is 8.36. The number of ether oxygens (including phenoxy) is 1. The molecule has 1 aromatic carbocycles. The Balaban J connectivity index is 3.10. The third-order valence-electron chi connectivity index (χ3n) is 1.67. The molecule has 0 unspecified atom stereocenters. The fourth-order valence-electron chi connectivity index (χ4n) is 1.14. The summed E-state index contributed by atoms with van der Waals surface area (Å²) in [6, 6.07) is 5.07. The Hall–Kier alpha value is -2.29. The molecular weight excluding hydrogens is 235 g/mol. The third kappa shape index (κ3) is 4.38. The number of aldehydes is 1. The quantitative estimate of drug-likeness (QED) is 0.603. The summed E-state index contributed by atoms with van der Waals surface area (Å²) in [6.45, 7) is 0. The SMILES string of the molecule is N#CC=Cc1cc(C=O)cc(OC(F)(F)F)c1. The number of benzene rings is 1. The molecular formula is C11H6F3NO2. The summed E-state index contributed by atoms with van der Waals surface area (Å²) in [6.07, 6.45) is -2.07. The number of halogens is 3. The molecule has 1 aromatic rings. The van der Waals surface area contributed by atoms with E-state index in [1.165, 1.54) is 12.1 Å². The molecule has 0 aromatic heterocycles. The second kappa shape index (κ2) is 5.16. The number of nitriles is 1. The van der Waals surface area contributed by atoms with Crippen LogP contribution in [0.5, 0.6) is 5.75 Å². The lowest BCUT2D eigenvalue weighted by Gasteiger charge is -2.09. The van der Waals surface area contributed by atoms with Gasteiger partial charge in [0.2, 0.25) is 0 Å². The number of allylic oxidation sites excluding steroid dienone is 1. The van der Waals surface area contributed by atoms with Gasteiger partial charge >= 0.3 is 6.36 Å². The summed E-state index contributed by atoms with van der Waals surface area (Å²) in [4.78, 5) is 10.5. The topological polar surface area (TPSA) is 50.1 Å². The smallest absolute Gasteiger partial charge is 0.406 e. The summed E-state index contributed by atoms with van der Waals surface area (Å²) in [5, 5.41) is 8.29. The standard InChI is InChI=1S/C11H6F3NO2/c12-11(13,14)17-10-5-8(2-1-3-15)4-9(6-10)7-16/h1-2,4-7H. The first-order valence-electron chi connectivity index (χ1n) is 4.37. The van der Waals surface area contributed by atoms with Crippen LogP contribution in [0, 0.1) is 11.3 Å². The van der Waals surface area contributed by atoms with Crippen molar-refractivity contribution in [2.75, 3.05) is 0 Å². The average Bonchev–Trinajstić information content (AvgIpc) is 2.23. The van der Waals surface area contributed by atoms with E-state index in [0.29, 0.717) is 6.29 Å². The molecule has 0 radical (unpaired) electrons. The molecule has 0 aliphatic heterocycles. The second-order valence-corrected chi connectivity index (χ2v) is 2.96. The van der Waals surface area contributed by atoms with Crippen LogP contribution in [0.4, 0.5) is 13.2 Å². The first-order chi connectivity index (χ1) is 7.94. The monoisotopic (exact) mass is 241 g/mol. The molecule has 0 bridgehead atoms. The van der Waals surface area contributed by atoms with E-state index in [2.05, 4.69) is 4.74 Å². The van der Waals surface area contributed by atoms with E-state index in [9.17, 15) is 18.0 Å². The molecule has 1 rings (SSSR count). The Morgan fingerprint density at radius 1 is 1.24 bits per heavy atom. The number of hydrogen-bond acceptors (Lipinski definition) is 3. The fourth-order valence-corrected chi connectivity index (χ4v) is 1.14. The normalized spacial score (nSPS) is 11.2. The summed E-state index contributed by atoms with van der Waals surface area (Å²) in [7, 11) is 0. The molecule has 17 heavy (non-hydrogen) atoms. The minimum Gasteiger partial charge on any atom is -0.406 e. The third-order valence-corrected chi connectivity index (χ3v) is 1.67. The van der Waals surface area contributed by atoms with E-state index in [1.54, 1.807) is 6.07 Å². The van der Waals surface area contributed by atoms with E-state index in [0.717, 1.165) is 18.2 Å². The van der Waals surface area contributed by atoms with E-state index in [-0.39, 0.29) is 11.1 Å². The first kappa shape index (κ1) is 12.8. The van der Waals surface area contributed by atoms with E-state index in [4.69, 9.17) is 5.26 Å². The molecule has 88 valence electrons. The van der Waals surface area contributed by atoms with Gasteiger partial charge in [-0.1, -0.05) is 0 Å². The lowest BCUT2D eigenvalue weighted by molar-refractivity contribution is -0.274. The highest BCUT2D eigenvalue weighted by molar-refractivity contribution is 5.77. The molecule has 0 saturated heterocycles. The van der Waals surface area contributed by atoms with Gasteiger partial charge in [-0.25, -0.2) is 0 Å². The molecule has 6 heteroatoms. The lowest BCUT2D eigenvalue weighted by Crippen LogP contribution is -2.17. The maximum absolute atomic E-state index is 12.0. The van der Waals surface area contributed by atoms with Crippen molar-refractivity contribution in [3.05, 3.63) is 35.4 Å². The first-order valence-corrected chi connectivity index (χ1v) is 4.37. The van der Waals surface area contributed by atoms with Gasteiger partial charge in [0, 0.05) is 11.6 Å². The second-order valence-electron chi connectivity index (χ2n) is 2.96. The van der Waals surface area contributed by atoms with Crippen molar-refractivity contribution >= 4 is 12.4 Å². The number of hydrogen-bond donors (Lipinski definition) is 0. The molecule has 0 spiro atoms. The highest BCUT2D eigenvalue weighted by atomic mass is 19.4. The number of rotatable bonds is 3. The van der Waals surface area contributed by atoms with Crippen LogP contribution in [-0.4, -0.2) is 12.6 Å². The van der Waals surface area contributed by atoms with Gasteiger partial charge in [-0.2, -0.15) is 5.26 Å². The molecule has 0 aliphatic rings. The number of alkyl halides is 3. The predicted octanol–water partition coefficient (Wildman–Crippen LogP) is 2.93. The van der Waals surface area contributed by atoms with E-state index in [1.807, 2.05) is 0 Å². The Bertz CT molecular complexity index is 486. The number of carbonyl (C=O) groups excluding carboxylic acids is 1. The van der Waals surface area contributed by atoms with Gasteiger partial charge in [-0.15, -0.1) is 13.2 Å². The van der Waals surface area contributed by atoms with Gasteiger partial charge in [-0.3, -0.25) is 4.79 Å². The van der Waals surface area contributed by atoms with Crippen LogP contribution in [0.3, 0.4) is 0 Å². The minimum atomic E-state index is -4.82. The zero-order chi connectivity index (χ0) is 12.9. The Morgan fingerprint density at radius 3 is 2.41 bits per heavy atom. The van der Waals surface area contributed by atoms with Crippen LogP contribution >= 0.6 is 0 Å². The molecule has 0 amide bonds. The van der Waals surface area contributed by atoms with Crippen molar-refractivity contribution in [2.24, 2.45) is 0 Å². The van der Waals surface area contributed by atoms with Crippen molar-refractivity contribution in [3.8, 4) is 11.8 Å². The Morgan fingerprint density at radius 2 is 1.88 bits per heavy atom. The van der Waals surface area contributed by atoms with Gasteiger partial charge < -0.3 is 4.74 Å². The largest absolute Gasteiger partial charge is 0.573 e. The van der Waals surface area contributed by atoms with Crippen molar-refractivity contribution in [1.29, 1.82) is 5.26 Å². The van der Waals surface area contributed by atoms with Gasteiger partial charge in [0.15, 0.2) is 0 Å². The van der Waals surface area contributed by atoms with Gasteiger partial charge in [0.05, 0.1) is 6.07 Å². The molecule has 0 aliphatic carbocycles.